The monoisotopic (exact) mass is 428 g/mol. The van der Waals surface area contributed by atoms with E-state index in [1.54, 1.807) is 6.92 Å². The maximum absolute atomic E-state index is 12.9. The fourth-order valence-corrected chi connectivity index (χ4v) is 3.51. The summed E-state index contributed by atoms with van der Waals surface area (Å²) in [7, 11) is 0. The molecule has 30 heavy (non-hydrogen) atoms. The minimum Gasteiger partial charge on any atom is -0.480 e. The van der Waals surface area contributed by atoms with Crippen LogP contribution in [0.1, 0.15) is 53.4 Å². The molecule has 10 heteroatoms. The van der Waals surface area contributed by atoms with Gasteiger partial charge in [-0.15, -0.1) is 0 Å². The van der Waals surface area contributed by atoms with Crippen molar-refractivity contribution in [3.63, 3.8) is 0 Å². The molecule has 3 amide bonds. The average Bonchev–Trinajstić information content (AvgIpc) is 3.17. The summed E-state index contributed by atoms with van der Waals surface area (Å²) < 4.78 is 0. The topological polar surface area (TPSA) is 162 Å². The number of carbonyl (C=O) groups is 4. The Hall–Kier alpha value is -2.20. The van der Waals surface area contributed by atoms with E-state index in [0.717, 1.165) is 0 Å². The Balaban J connectivity index is 2.85. The maximum Gasteiger partial charge on any atom is 0.326 e. The second-order valence-corrected chi connectivity index (χ2v) is 8.38. The first-order valence-electron chi connectivity index (χ1n) is 10.5. The normalized spacial score (nSPS) is 20.4. The van der Waals surface area contributed by atoms with Crippen molar-refractivity contribution in [3.8, 4) is 0 Å². The predicted octanol–water partition coefficient (Wildman–Crippen LogP) is -0.557. The minimum atomic E-state index is -1.21. The number of nitrogens with one attached hydrogen (secondary N) is 2. The lowest BCUT2D eigenvalue weighted by atomic mass is 9.98. The van der Waals surface area contributed by atoms with E-state index in [1.165, 1.54) is 4.90 Å². The molecule has 1 aliphatic rings. The number of rotatable bonds is 11. The molecule has 172 valence electrons. The molecule has 1 aliphatic heterocycles. The van der Waals surface area contributed by atoms with Crippen LogP contribution in [0.3, 0.4) is 0 Å². The summed E-state index contributed by atoms with van der Waals surface area (Å²) in [6.07, 6.45) is 1.94. The molecule has 1 heterocycles. The number of likely N-dealkylation sites (tertiary alicyclic amines) is 1. The van der Waals surface area contributed by atoms with E-state index < -0.39 is 54.5 Å². The van der Waals surface area contributed by atoms with Crippen molar-refractivity contribution in [1.29, 1.82) is 0 Å². The van der Waals surface area contributed by atoms with Crippen molar-refractivity contribution < 1.29 is 29.4 Å². The van der Waals surface area contributed by atoms with Crippen LogP contribution in [0.5, 0.6) is 0 Å². The Morgan fingerprint density at radius 3 is 2.30 bits per heavy atom. The predicted molar refractivity (Wildman–Crippen MR) is 110 cm³/mol. The third kappa shape index (κ3) is 6.94. The molecule has 10 nitrogen and oxygen atoms in total. The van der Waals surface area contributed by atoms with Gasteiger partial charge in [-0.05, 0) is 31.1 Å². The van der Waals surface area contributed by atoms with Gasteiger partial charge >= 0.3 is 5.97 Å². The standard InChI is InChI=1S/C20H36N4O6/c1-5-12(4)16(20(29)30)23-18(27)15-7-6-8-24(15)19(28)14(10-25)22-17(26)13(21)9-11(2)3/h11-16,25H,5-10,21H2,1-4H3,(H,22,26)(H,23,27)(H,29,30). The molecule has 1 rings (SSSR count). The second kappa shape index (κ2) is 11.8. The Bertz CT molecular complexity index is 626. The van der Waals surface area contributed by atoms with E-state index >= 15 is 0 Å². The van der Waals surface area contributed by atoms with Gasteiger partial charge in [0.1, 0.15) is 18.1 Å². The lowest BCUT2D eigenvalue weighted by molar-refractivity contribution is -0.146. The fourth-order valence-electron chi connectivity index (χ4n) is 3.51. The van der Waals surface area contributed by atoms with Gasteiger partial charge in [-0.3, -0.25) is 14.4 Å². The Kier molecular flexibility index (Phi) is 10.2. The van der Waals surface area contributed by atoms with Crippen molar-refractivity contribution in [2.24, 2.45) is 17.6 Å². The van der Waals surface area contributed by atoms with Crippen LogP contribution in [-0.4, -0.2) is 76.1 Å². The van der Waals surface area contributed by atoms with Gasteiger partial charge in [0, 0.05) is 6.54 Å². The molecule has 1 fully saturated rings. The molecule has 0 spiro atoms. The average molecular weight is 429 g/mol. The molecule has 0 saturated carbocycles. The molecule has 0 aromatic heterocycles. The number of aliphatic hydroxyl groups is 1. The Labute approximate surface area is 177 Å². The van der Waals surface area contributed by atoms with Gasteiger partial charge in [-0.1, -0.05) is 34.1 Å². The fraction of sp³-hybridized carbons (Fsp3) is 0.800. The number of amides is 3. The molecule has 0 aliphatic carbocycles. The summed E-state index contributed by atoms with van der Waals surface area (Å²) in [6.45, 7) is 7.04. The van der Waals surface area contributed by atoms with Gasteiger partial charge < -0.3 is 31.5 Å². The molecule has 0 radical (unpaired) electrons. The molecule has 1 saturated heterocycles. The molecule has 5 atom stereocenters. The number of carboxylic acids is 1. The van der Waals surface area contributed by atoms with E-state index in [1.807, 2.05) is 20.8 Å². The summed E-state index contributed by atoms with van der Waals surface area (Å²) in [4.78, 5) is 50.6. The number of carboxylic acid groups (broad SMARTS) is 1. The van der Waals surface area contributed by atoms with Crippen molar-refractivity contribution in [2.45, 2.75) is 77.5 Å². The SMILES string of the molecule is CCC(C)C(NC(=O)C1CCCN1C(=O)C(CO)NC(=O)C(N)CC(C)C)C(=O)O. The van der Waals surface area contributed by atoms with Crippen molar-refractivity contribution in [2.75, 3.05) is 13.2 Å². The summed E-state index contributed by atoms with van der Waals surface area (Å²) in [5.74, 6) is -2.90. The zero-order chi connectivity index (χ0) is 23.0. The second-order valence-electron chi connectivity index (χ2n) is 8.38. The van der Waals surface area contributed by atoms with Gasteiger partial charge in [-0.25, -0.2) is 4.79 Å². The highest BCUT2D eigenvalue weighted by Gasteiger charge is 2.39. The molecule has 6 N–H and O–H groups in total. The number of aliphatic hydroxyl groups excluding tert-OH is 1. The smallest absolute Gasteiger partial charge is 0.326 e. The summed E-state index contributed by atoms with van der Waals surface area (Å²) in [6, 6.07) is -3.92. The zero-order valence-electron chi connectivity index (χ0n) is 18.3. The number of nitrogens with two attached hydrogens (primary N) is 1. The van der Waals surface area contributed by atoms with E-state index in [9.17, 15) is 29.4 Å². The van der Waals surface area contributed by atoms with Crippen LogP contribution in [0.2, 0.25) is 0 Å². The third-order valence-electron chi connectivity index (χ3n) is 5.47. The van der Waals surface area contributed by atoms with Gasteiger partial charge in [0.15, 0.2) is 0 Å². The first-order valence-corrected chi connectivity index (χ1v) is 10.5. The van der Waals surface area contributed by atoms with Crippen LogP contribution in [0.4, 0.5) is 0 Å². The molecule has 0 aromatic carbocycles. The highest BCUT2D eigenvalue weighted by molar-refractivity contribution is 5.94. The van der Waals surface area contributed by atoms with E-state index in [4.69, 9.17) is 5.73 Å². The van der Waals surface area contributed by atoms with E-state index in [0.29, 0.717) is 25.7 Å². The lowest BCUT2D eigenvalue weighted by Crippen LogP contribution is -2.58. The quantitative estimate of drug-likeness (QED) is 0.295. The third-order valence-corrected chi connectivity index (χ3v) is 5.47. The summed E-state index contributed by atoms with van der Waals surface area (Å²) in [5.41, 5.74) is 5.84. The molecule has 5 unspecified atom stereocenters. The molecule has 0 bridgehead atoms. The zero-order valence-corrected chi connectivity index (χ0v) is 18.3. The van der Waals surface area contributed by atoms with Gasteiger partial charge in [0.05, 0.1) is 12.6 Å². The molecule has 0 aromatic rings. The Morgan fingerprint density at radius 2 is 1.80 bits per heavy atom. The number of nitrogens with zero attached hydrogens (tertiary/aromatic N) is 1. The summed E-state index contributed by atoms with van der Waals surface area (Å²) in [5, 5.41) is 24.0. The highest BCUT2D eigenvalue weighted by Crippen LogP contribution is 2.20. The van der Waals surface area contributed by atoms with Crippen LogP contribution < -0.4 is 16.4 Å². The number of hydrogen-bond donors (Lipinski definition) is 5. The lowest BCUT2D eigenvalue weighted by Gasteiger charge is -2.30. The highest BCUT2D eigenvalue weighted by atomic mass is 16.4. The van der Waals surface area contributed by atoms with Gasteiger partial charge in [0.25, 0.3) is 0 Å². The Morgan fingerprint density at radius 1 is 1.17 bits per heavy atom. The van der Waals surface area contributed by atoms with Crippen LogP contribution in [0.25, 0.3) is 0 Å². The van der Waals surface area contributed by atoms with Crippen LogP contribution in [0, 0.1) is 11.8 Å². The van der Waals surface area contributed by atoms with Crippen molar-refractivity contribution >= 4 is 23.7 Å². The van der Waals surface area contributed by atoms with E-state index in [2.05, 4.69) is 10.6 Å². The van der Waals surface area contributed by atoms with Gasteiger partial charge in [-0.2, -0.15) is 0 Å². The van der Waals surface area contributed by atoms with Crippen LogP contribution >= 0.6 is 0 Å². The number of aliphatic carboxylic acids is 1. The largest absolute Gasteiger partial charge is 0.480 e. The number of hydrogen-bond acceptors (Lipinski definition) is 6. The van der Waals surface area contributed by atoms with Crippen molar-refractivity contribution in [3.05, 3.63) is 0 Å². The first-order chi connectivity index (χ1) is 14.0. The summed E-state index contributed by atoms with van der Waals surface area (Å²) >= 11 is 0. The molecular weight excluding hydrogens is 392 g/mol. The maximum atomic E-state index is 12.9. The van der Waals surface area contributed by atoms with E-state index in [-0.39, 0.29) is 18.4 Å². The first kappa shape index (κ1) is 25.8. The van der Waals surface area contributed by atoms with Crippen molar-refractivity contribution in [1.82, 2.24) is 15.5 Å². The minimum absolute atomic E-state index is 0.188. The van der Waals surface area contributed by atoms with Crippen LogP contribution in [0.15, 0.2) is 0 Å². The van der Waals surface area contributed by atoms with Crippen LogP contribution in [-0.2, 0) is 19.2 Å². The van der Waals surface area contributed by atoms with Gasteiger partial charge in [0.2, 0.25) is 17.7 Å². The molecular formula is C20H36N4O6. The number of carbonyl (C=O) groups excluding carboxylic acids is 3.